The predicted octanol–water partition coefficient (Wildman–Crippen LogP) is -4.43. The number of aromatic nitrogens is 10. The number of aliphatic hydroxyl groups excluding tert-OH is 1. The second kappa shape index (κ2) is 35.1. The van der Waals surface area contributed by atoms with Gasteiger partial charge in [-0.3, -0.25) is 75.6 Å². The number of hydrogen-bond donors (Lipinski definition) is 6. The van der Waals surface area contributed by atoms with Crippen molar-refractivity contribution in [3.8, 4) is 0 Å². The van der Waals surface area contributed by atoms with Crippen LogP contribution in [0.4, 0.5) is 5.82 Å². The van der Waals surface area contributed by atoms with Crippen LogP contribution in [0.5, 0.6) is 0 Å². The number of phosphoric ester groups is 2. The van der Waals surface area contributed by atoms with Gasteiger partial charge in [0.05, 0.1) is 70.7 Å². The molecule has 47 nitrogen and oxygen atoms in total. The SMILES string of the molecule is COCCO[C@H]1C(OP(=O)([O-])OC[C@H]2O[C@@H](n3cc(C)c(=O)[nH]c3=O)CC2OP(=O)([S-])OC[C@H]2O[C@@H](n3cc(C)c(=O)[nH]c3=O)CC2OP([O-])(=S)OC)[C@@H](COP(=O)([O-])OC2[C@@H]3O[C@@H](C)[C@]2(COP([O-])(=S)OC2[C@@H]4O[C@@H](C)[C@]2(CO)O[C@H]4n2cc(C)c(N)nc2=O)O[C@H]3n2cc(C)c(=O)[nH]c2=O)O[C@H]1n1cc(C)c(=O)[nH]c1=O.[Y]. The van der Waals surface area contributed by atoms with E-state index in [0.717, 1.165) is 48.5 Å². The molecule has 0 saturated carbocycles. The summed E-state index contributed by atoms with van der Waals surface area (Å²) >= 11 is 15.7. The van der Waals surface area contributed by atoms with E-state index >= 15 is 0 Å². The van der Waals surface area contributed by atoms with Gasteiger partial charge in [-0.2, -0.15) is 4.98 Å². The van der Waals surface area contributed by atoms with Crippen LogP contribution < -0.4 is 76.0 Å². The molecule has 56 heteroatoms. The Morgan fingerprint density at radius 3 is 1.51 bits per heavy atom. The summed E-state index contributed by atoms with van der Waals surface area (Å²) in [6.07, 6.45) is -24.5. The minimum atomic E-state index is -6.09. The van der Waals surface area contributed by atoms with Gasteiger partial charge >= 0.3 is 28.4 Å². The van der Waals surface area contributed by atoms with Gasteiger partial charge in [0.2, 0.25) is 0 Å². The minimum absolute atomic E-state index is 0. The van der Waals surface area contributed by atoms with Crippen molar-refractivity contribution < 1.29 is 159 Å². The molecular weight excluding hydrogens is 1770 g/mol. The third-order valence-corrected chi connectivity index (χ3v) is 26.4. The number of nitrogens with two attached hydrogens (primary N) is 1. The number of nitrogen functional groups attached to an aromatic ring is 1. The van der Waals surface area contributed by atoms with E-state index in [4.69, 9.17) is 129 Å². The zero-order chi connectivity index (χ0) is 82.3. The standard InChI is InChI=1S/C58H80N11O36P5S3.Y/c1-24-14-68(52(75)60-44(24)59)50-40-42(57(22-70,99-50)29(6)94-40)105-110(86,113)93-23-58-30(7)95-41(51(100-58)69-18-28(5)48(74)64-56(69)79)43(58)104-107(82,83)91-21-35-38(39(89-11-10-87-8)49(98-35)67-17-27(4)47(73)63-55(67)78)103-106(80,81)90-19-33-32(13-37(96-33)66-16-26(3)46(72)62-54(66)77)102-109(85,112)92-20-34-31(101-108(84,111)88-9)12-36(97-34)65-15-25(2)45(71)61-53(65)76;/h14-18,29-43,49-51,70H,10-13,19-23H2,1-9H3,(H,80,81)(H,82,83)(H,84,111)(H,85,112)(H,86,113)(H2,59,60,75)(H,61,71,76)(H,62,72,77)(H,63,73,78)(H,64,74,79);/p-5/t29-,30-,31?,32?,33+,34+,35+,36+,37+,38?,39-,40-,41-,42?,43?,49+,50+,51+,57-,58-,108?,109?,110?;/m0./s1. The first kappa shape index (κ1) is 90.6. The minimum Gasteiger partial charge on any atom is -0.780 e. The van der Waals surface area contributed by atoms with Crippen LogP contribution in [0.1, 0.15) is 85.6 Å². The van der Waals surface area contributed by atoms with Crippen LogP contribution in [0.3, 0.4) is 0 Å². The number of aryl methyl sites for hydroxylation is 5. The van der Waals surface area contributed by atoms with E-state index in [2.05, 4.69) is 24.9 Å². The normalized spacial score (nSPS) is 33.0. The maximum Gasteiger partial charge on any atom is 0.351 e. The number of nitrogens with zero attached hydrogens (tertiary/aromatic N) is 6. The molecule has 114 heavy (non-hydrogen) atoms. The van der Waals surface area contributed by atoms with Gasteiger partial charge in [0.25, 0.3) is 37.9 Å². The van der Waals surface area contributed by atoms with Crippen molar-refractivity contribution >= 4 is 77.6 Å². The number of anilines is 1. The number of phosphoric acid groups is 2. The molecule has 629 valence electrons. The number of nitrogens with one attached hydrogen (secondary N) is 4. The Balaban J connectivity index is 0.0000128. The Kier molecular flexibility index (Phi) is 27.9. The Morgan fingerprint density at radius 2 is 0.991 bits per heavy atom. The molecule has 7 aliphatic rings. The van der Waals surface area contributed by atoms with Gasteiger partial charge in [0.1, 0.15) is 97.8 Å². The number of hydrogen-bond acceptors (Lipinski definition) is 41. The Hall–Kier alpha value is -4.12. The van der Waals surface area contributed by atoms with Crippen LogP contribution in [0, 0.1) is 34.6 Å². The fraction of sp³-hybridized carbons (Fsp3) is 0.655. The zero-order valence-electron chi connectivity index (χ0n) is 61.2. The smallest absolute Gasteiger partial charge is 0.351 e. The molecule has 4 bridgehead atoms. The fourth-order valence-electron chi connectivity index (χ4n) is 13.8. The maximum absolute atomic E-state index is 14.8. The largest absolute Gasteiger partial charge is 0.780 e. The topological polar surface area (TPSA) is 619 Å². The van der Waals surface area contributed by atoms with Gasteiger partial charge in [0, 0.05) is 119 Å². The molecule has 12 heterocycles. The maximum atomic E-state index is 14.8. The molecular formula is C58H75N11O36P5S3Y-5. The first-order valence-electron chi connectivity index (χ1n) is 34.0. The molecule has 10 unspecified atom stereocenters. The molecule has 7 fully saturated rings. The van der Waals surface area contributed by atoms with E-state index in [1.54, 1.807) is 6.92 Å². The van der Waals surface area contributed by atoms with Crippen molar-refractivity contribution in [1.82, 2.24) is 47.8 Å². The van der Waals surface area contributed by atoms with Crippen LogP contribution in [0.25, 0.3) is 0 Å². The van der Waals surface area contributed by atoms with Crippen LogP contribution in [-0.2, 0) is 170 Å². The fourth-order valence-corrected chi connectivity index (χ4v) is 19.6. The molecule has 1 radical (unpaired) electrons. The van der Waals surface area contributed by atoms with Gasteiger partial charge in [-0.15, -0.1) is 0 Å². The summed E-state index contributed by atoms with van der Waals surface area (Å²) in [6, 6.07) is 0. The predicted molar refractivity (Wildman–Crippen MR) is 380 cm³/mol. The molecule has 0 amide bonds. The van der Waals surface area contributed by atoms with E-state index in [1.807, 2.05) is 0 Å². The Bertz CT molecular complexity index is 5300. The molecule has 12 rings (SSSR count). The summed E-state index contributed by atoms with van der Waals surface area (Å²) < 4.78 is 159. The molecule has 7 N–H and O–H groups in total. The number of H-pyrrole nitrogens is 4. The summed E-state index contributed by atoms with van der Waals surface area (Å²) in [5.74, 6) is -0.0991. The summed E-state index contributed by atoms with van der Waals surface area (Å²) in [6.45, 7) is -10.7. The van der Waals surface area contributed by atoms with E-state index < -0.39 is 254 Å². The summed E-state index contributed by atoms with van der Waals surface area (Å²) in [5, 5.41) is 10.9. The molecule has 5 aromatic rings. The van der Waals surface area contributed by atoms with Gasteiger partial charge in [-0.1, -0.05) is 23.6 Å². The Labute approximate surface area is 681 Å². The quantitative estimate of drug-likeness (QED) is 0.0131. The van der Waals surface area contributed by atoms with Gasteiger partial charge in [-0.05, 0) is 48.5 Å². The molecule has 7 aliphatic heterocycles. The van der Waals surface area contributed by atoms with Crippen LogP contribution in [0.2, 0.25) is 0 Å². The average Bonchev–Trinajstić information content (AvgIpc) is 1.55. The monoisotopic (exact) mass is 1840 g/mol. The van der Waals surface area contributed by atoms with E-state index in [9.17, 15) is 81.5 Å². The number of aromatic amines is 4. The summed E-state index contributed by atoms with van der Waals surface area (Å²) in [4.78, 5) is 186. The molecule has 0 spiro atoms. The number of aliphatic hydroxyl groups is 1. The van der Waals surface area contributed by atoms with E-state index in [1.165, 1.54) is 61.0 Å². The van der Waals surface area contributed by atoms with Crippen LogP contribution in [-0.4, -0.2) is 204 Å². The van der Waals surface area contributed by atoms with Gasteiger partial charge < -0.3 is 131 Å². The van der Waals surface area contributed by atoms with Gasteiger partial charge in [-0.25, -0.2) is 24.0 Å². The van der Waals surface area contributed by atoms with Crippen molar-refractivity contribution in [3.63, 3.8) is 0 Å². The third-order valence-electron chi connectivity index (χ3n) is 19.7. The third kappa shape index (κ3) is 19.0. The number of ether oxygens (including phenoxy) is 9. The van der Waals surface area contributed by atoms with E-state index in [-0.39, 0.29) is 73.8 Å². The summed E-state index contributed by atoms with van der Waals surface area (Å²) in [5.41, 5.74) is -6.55. The average molecular weight is 1840 g/mol. The van der Waals surface area contributed by atoms with Crippen LogP contribution in [0.15, 0.2) is 74.1 Å². The second-order valence-corrected chi connectivity index (χ2v) is 38.0. The molecule has 7 saturated heterocycles. The van der Waals surface area contributed by atoms with Crippen LogP contribution >= 0.6 is 35.9 Å². The number of methoxy groups -OCH3 is 1. The Morgan fingerprint density at radius 1 is 0.553 bits per heavy atom. The number of fused-ring (bicyclic) bond motifs is 4. The molecule has 25 atom stereocenters. The number of rotatable bonds is 33. The van der Waals surface area contributed by atoms with Crippen molar-refractivity contribution in [2.75, 3.05) is 66.2 Å². The van der Waals surface area contributed by atoms with Crippen molar-refractivity contribution in [1.29, 1.82) is 0 Å². The first-order valence-corrected chi connectivity index (χ1v) is 44.6. The summed E-state index contributed by atoms with van der Waals surface area (Å²) in [7, 11) is -9.91. The molecule has 5 aromatic heterocycles. The van der Waals surface area contributed by atoms with Crippen molar-refractivity contribution in [2.45, 2.75) is 183 Å². The molecule has 0 aliphatic carbocycles. The first-order chi connectivity index (χ1) is 52.9. The molecule has 0 aromatic carbocycles. The van der Waals surface area contributed by atoms with Crippen molar-refractivity contribution in [3.05, 3.63) is 153 Å². The van der Waals surface area contributed by atoms with E-state index in [0.29, 0.717) is 5.56 Å². The zero-order valence-corrected chi connectivity index (χ0v) is 70.9. The van der Waals surface area contributed by atoms with Crippen molar-refractivity contribution in [2.24, 2.45) is 0 Å². The second-order valence-electron chi connectivity index (χ2n) is 27.1. The van der Waals surface area contributed by atoms with Gasteiger partial charge in [0.15, 0.2) is 25.5 Å².